The van der Waals surface area contributed by atoms with Gasteiger partial charge in [-0.3, -0.25) is 23.7 Å². The molecule has 296 valence electrons. The molecule has 2 aliphatic heterocycles. The molecule has 0 radical (unpaired) electrons. The number of aliphatic hydroxyl groups excluding tert-OH is 1. The zero-order valence-electron chi connectivity index (χ0n) is 27.6. The molecule has 7 N–H and O–H groups in total. The highest BCUT2D eigenvalue weighted by atomic mass is 31.3. The second-order valence-electron chi connectivity index (χ2n) is 10.9. The van der Waals surface area contributed by atoms with Gasteiger partial charge in [0, 0.05) is 24.7 Å². The van der Waals surface area contributed by atoms with Crippen LogP contribution in [-0.2, 0) is 45.8 Å². The normalized spacial score (nSPS) is 23.0. The third kappa shape index (κ3) is 14.3. The van der Waals surface area contributed by atoms with Gasteiger partial charge >= 0.3 is 29.2 Å². The zero-order chi connectivity index (χ0) is 38.6. The van der Waals surface area contributed by atoms with E-state index in [4.69, 9.17) is 38.2 Å². The van der Waals surface area contributed by atoms with Crippen LogP contribution in [0.2, 0.25) is 0 Å². The quantitative estimate of drug-likeness (QED) is 0.136. The fraction of sp³-hybridized carbons (Fsp3) is 0.519. The number of phosphoric acid groups is 3. The number of carbonyl (C=O) groups is 1. The van der Waals surface area contributed by atoms with Gasteiger partial charge in [-0.25, -0.2) is 18.5 Å². The molecule has 3 heterocycles. The number of hydrogen-bond donors (Lipinski definition) is 7. The maximum Gasteiger partial charge on any atom is 0.490 e. The summed E-state index contributed by atoms with van der Waals surface area (Å²) in [5, 5.41) is 13.0. The number of aliphatic hydroxyl groups is 1. The first kappa shape index (κ1) is 42.7. The minimum atomic E-state index is -5.77. The summed E-state index contributed by atoms with van der Waals surface area (Å²) in [6, 6.07) is 4.62. The van der Waals surface area contributed by atoms with Crippen molar-refractivity contribution in [2.24, 2.45) is 0 Å². The molecule has 2 aromatic rings. The molecular formula is C27H38N3O20P3. The number of H-pyrrole nitrogens is 1. The summed E-state index contributed by atoms with van der Waals surface area (Å²) in [6.07, 6.45) is -0.552. The van der Waals surface area contributed by atoms with E-state index in [-0.39, 0.29) is 43.9 Å². The van der Waals surface area contributed by atoms with Crippen LogP contribution in [0.4, 0.5) is 0 Å². The maximum absolute atomic E-state index is 12.9. The highest BCUT2D eigenvalue weighted by Crippen LogP contribution is 2.66. The fourth-order valence-corrected chi connectivity index (χ4v) is 7.65. The number of nitrogens with zero attached hydrogens (tertiary/aromatic N) is 1. The second-order valence-corrected chi connectivity index (χ2v) is 15.3. The molecule has 1 amide bonds. The lowest BCUT2D eigenvalue weighted by Gasteiger charge is -2.19. The largest absolute Gasteiger partial charge is 0.490 e. The van der Waals surface area contributed by atoms with Gasteiger partial charge in [0.1, 0.15) is 25.5 Å². The Labute approximate surface area is 299 Å². The molecule has 0 spiro atoms. The molecule has 1 fully saturated rings. The van der Waals surface area contributed by atoms with Gasteiger partial charge < -0.3 is 58.4 Å². The number of rotatable bonds is 12. The number of aromatic nitrogens is 2. The van der Waals surface area contributed by atoms with Gasteiger partial charge in [-0.15, -0.1) is 0 Å². The van der Waals surface area contributed by atoms with Crippen LogP contribution in [-0.4, -0.2) is 118 Å². The fourth-order valence-electron chi connectivity index (χ4n) is 4.62. The standard InChI is InChI=1S/C27H38N3O20P3/c31-20-15-24(48-23(20)17-47-52(38,39)50-53(40,41)49-51(35,36)37)30-16-19(26(33)29-27(30)34)2-1-5-28-25(32)18-3-4-21-22(14-18)46-13-11-44-9-7-42-6-8-43-10-12-45-21/h1-4,14,16,20,23-24,31H,5-13,15,17H2,(H,28,32)(H,38,39)(H,40,41)(H,29,33,34)(H2,35,36,37)/b2-1+/t20-,23+,24+/m0/s1. The van der Waals surface area contributed by atoms with Crippen molar-refractivity contribution in [2.75, 3.05) is 66.0 Å². The summed E-state index contributed by atoms with van der Waals surface area (Å²) in [4.78, 5) is 76.2. The Hall–Kier alpha value is -3.08. The highest BCUT2D eigenvalue weighted by Gasteiger charge is 2.43. The van der Waals surface area contributed by atoms with Crippen molar-refractivity contribution < 1.29 is 84.7 Å². The number of aromatic amines is 1. The molecule has 0 bridgehead atoms. The summed E-state index contributed by atoms with van der Waals surface area (Å²) < 4.78 is 80.3. The number of ether oxygens (including phenoxy) is 6. The lowest BCUT2D eigenvalue weighted by Crippen LogP contribution is -2.33. The number of nitrogens with one attached hydrogen (secondary N) is 2. The molecule has 1 saturated heterocycles. The lowest BCUT2D eigenvalue weighted by molar-refractivity contribution is -0.0450. The van der Waals surface area contributed by atoms with Crippen LogP contribution in [0.25, 0.3) is 6.08 Å². The number of carbonyl (C=O) groups excluding carboxylic acids is 1. The third-order valence-corrected chi connectivity index (χ3v) is 10.7. The van der Waals surface area contributed by atoms with Crippen LogP contribution in [0.1, 0.15) is 28.6 Å². The van der Waals surface area contributed by atoms with Crippen molar-refractivity contribution in [1.29, 1.82) is 0 Å². The topological polar surface area (TPSA) is 319 Å². The van der Waals surface area contributed by atoms with Crippen LogP contribution in [0.5, 0.6) is 11.5 Å². The van der Waals surface area contributed by atoms with Crippen LogP contribution in [0.15, 0.2) is 40.1 Å². The summed E-state index contributed by atoms with van der Waals surface area (Å²) in [6.45, 7) is 1.59. The molecule has 1 aromatic heterocycles. The number of amides is 1. The van der Waals surface area contributed by atoms with Gasteiger partial charge in [0.05, 0.1) is 57.9 Å². The van der Waals surface area contributed by atoms with Gasteiger partial charge in [-0.1, -0.05) is 12.2 Å². The molecule has 2 unspecified atom stereocenters. The minimum Gasteiger partial charge on any atom is -0.487 e. The van der Waals surface area contributed by atoms with E-state index in [1.54, 1.807) is 6.07 Å². The van der Waals surface area contributed by atoms with E-state index in [1.165, 1.54) is 24.3 Å². The highest BCUT2D eigenvalue weighted by molar-refractivity contribution is 7.66. The first-order valence-corrected chi connectivity index (χ1v) is 20.1. The second kappa shape index (κ2) is 19.5. The van der Waals surface area contributed by atoms with Crippen molar-refractivity contribution in [2.45, 2.75) is 24.9 Å². The van der Waals surface area contributed by atoms with Crippen LogP contribution >= 0.6 is 23.5 Å². The average Bonchev–Trinajstić information content (AvgIpc) is 3.42. The predicted molar refractivity (Wildman–Crippen MR) is 177 cm³/mol. The Balaban J connectivity index is 1.34. The predicted octanol–water partition coefficient (Wildman–Crippen LogP) is -0.207. The van der Waals surface area contributed by atoms with Crippen molar-refractivity contribution in [3.63, 3.8) is 0 Å². The van der Waals surface area contributed by atoms with E-state index in [0.717, 1.165) is 10.8 Å². The molecule has 5 atom stereocenters. The van der Waals surface area contributed by atoms with Gasteiger partial charge in [-0.2, -0.15) is 8.62 Å². The van der Waals surface area contributed by atoms with Gasteiger partial charge in [0.15, 0.2) is 11.5 Å². The Morgan fingerprint density at radius 2 is 1.53 bits per heavy atom. The summed E-state index contributed by atoms with van der Waals surface area (Å²) in [5.74, 6) is 0.227. The third-order valence-electron chi connectivity index (χ3n) is 6.93. The lowest BCUT2D eigenvalue weighted by atomic mass is 10.2. The molecular weight excluding hydrogens is 779 g/mol. The molecule has 0 aliphatic carbocycles. The van der Waals surface area contributed by atoms with E-state index in [1.807, 2.05) is 0 Å². The van der Waals surface area contributed by atoms with Gasteiger partial charge in [0.2, 0.25) is 0 Å². The van der Waals surface area contributed by atoms with Gasteiger partial charge in [0.25, 0.3) is 11.5 Å². The van der Waals surface area contributed by atoms with Crippen LogP contribution in [0, 0.1) is 0 Å². The Morgan fingerprint density at radius 3 is 2.17 bits per heavy atom. The Kier molecular flexibility index (Phi) is 15.7. The van der Waals surface area contributed by atoms with E-state index in [2.05, 4.69) is 23.4 Å². The zero-order valence-corrected chi connectivity index (χ0v) is 30.3. The van der Waals surface area contributed by atoms with E-state index >= 15 is 0 Å². The summed E-state index contributed by atoms with van der Waals surface area (Å²) in [5.41, 5.74) is -1.55. The monoisotopic (exact) mass is 817 g/mol. The molecule has 2 aliphatic rings. The molecule has 53 heavy (non-hydrogen) atoms. The van der Waals surface area contributed by atoms with Crippen molar-refractivity contribution in [3.8, 4) is 11.5 Å². The first-order valence-electron chi connectivity index (χ1n) is 15.6. The van der Waals surface area contributed by atoms with E-state index < -0.39 is 65.7 Å². The smallest absolute Gasteiger partial charge is 0.487 e. The van der Waals surface area contributed by atoms with Crippen molar-refractivity contribution in [3.05, 3.63) is 62.4 Å². The number of benzene rings is 1. The Morgan fingerprint density at radius 1 is 0.906 bits per heavy atom. The minimum absolute atomic E-state index is 0.0552. The SMILES string of the molecule is O=C(NC/C=C/c1cn([C@H]2C[C@H](O)[C@@H](COP(=O)(O)OP(=O)(O)OP(=O)(O)O)O2)c(=O)[nH]c1=O)c1ccc2c(c1)OCCOCCOCCOCCO2. The number of phosphoric ester groups is 1. The summed E-state index contributed by atoms with van der Waals surface area (Å²) >= 11 is 0. The number of hydrogen-bond acceptors (Lipinski definition) is 16. The molecule has 26 heteroatoms. The molecule has 0 saturated carbocycles. The van der Waals surface area contributed by atoms with Crippen molar-refractivity contribution in [1.82, 2.24) is 14.9 Å². The van der Waals surface area contributed by atoms with E-state index in [9.17, 15) is 43.0 Å². The molecule has 23 nitrogen and oxygen atoms in total. The maximum atomic E-state index is 12.9. The van der Waals surface area contributed by atoms with Crippen LogP contribution < -0.4 is 26.0 Å². The van der Waals surface area contributed by atoms with Crippen LogP contribution in [0.3, 0.4) is 0 Å². The van der Waals surface area contributed by atoms with Crippen molar-refractivity contribution >= 4 is 35.5 Å². The van der Waals surface area contributed by atoms with E-state index in [0.29, 0.717) is 44.5 Å². The molecule has 4 rings (SSSR count). The first-order chi connectivity index (χ1) is 25.0. The Bertz CT molecular complexity index is 1850. The number of fused-ring (bicyclic) bond motifs is 1. The van der Waals surface area contributed by atoms with Gasteiger partial charge in [-0.05, 0) is 18.2 Å². The molecule has 1 aromatic carbocycles. The summed E-state index contributed by atoms with van der Waals surface area (Å²) in [7, 11) is -16.9. The average molecular weight is 818 g/mol.